The maximum absolute atomic E-state index is 14.0. The van der Waals surface area contributed by atoms with Crippen LogP contribution in [-0.2, 0) is 22.9 Å². The van der Waals surface area contributed by atoms with Gasteiger partial charge in [0, 0.05) is 20.6 Å². The first-order valence-electron chi connectivity index (χ1n) is 6.37. The summed E-state index contributed by atoms with van der Waals surface area (Å²) >= 11 is 0. The SMILES string of the molecule is CN(C)S(=O)(=O)NCc1ccc(-c2noc(C(F)(F)F)n2)c(F)c1. The molecule has 0 aliphatic carbocycles. The number of halogens is 4. The van der Waals surface area contributed by atoms with E-state index in [-0.39, 0.29) is 17.7 Å². The highest BCUT2D eigenvalue weighted by atomic mass is 32.2. The zero-order chi connectivity index (χ0) is 18.1. The Bertz CT molecular complexity index is 833. The molecule has 2 rings (SSSR count). The molecule has 1 aromatic carbocycles. The largest absolute Gasteiger partial charge is 0.471 e. The third-order valence-corrected chi connectivity index (χ3v) is 4.35. The summed E-state index contributed by atoms with van der Waals surface area (Å²) in [6.07, 6.45) is -4.83. The lowest BCUT2D eigenvalue weighted by molar-refractivity contribution is -0.159. The molecule has 7 nitrogen and oxygen atoms in total. The van der Waals surface area contributed by atoms with Gasteiger partial charge in [-0.15, -0.1) is 0 Å². The minimum Gasteiger partial charge on any atom is -0.329 e. The topological polar surface area (TPSA) is 88.3 Å². The number of hydrogen-bond donors (Lipinski definition) is 1. The second kappa shape index (κ2) is 6.45. The molecule has 0 saturated carbocycles. The summed E-state index contributed by atoms with van der Waals surface area (Å²) < 4.78 is 81.5. The molecule has 0 unspecified atom stereocenters. The van der Waals surface area contributed by atoms with E-state index in [4.69, 9.17) is 0 Å². The van der Waals surface area contributed by atoms with E-state index in [2.05, 4.69) is 19.4 Å². The average Bonchev–Trinajstić information content (AvgIpc) is 2.94. The van der Waals surface area contributed by atoms with Gasteiger partial charge in [0.1, 0.15) is 5.82 Å². The van der Waals surface area contributed by atoms with Gasteiger partial charge in [0.05, 0.1) is 5.56 Å². The van der Waals surface area contributed by atoms with Crippen LogP contribution in [0.1, 0.15) is 11.5 Å². The van der Waals surface area contributed by atoms with Crippen LogP contribution in [0.5, 0.6) is 0 Å². The molecule has 0 saturated heterocycles. The van der Waals surface area contributed by atoms with Gasteiger partial charge in [-0.3, -0.25) is 0 Å². The zero-order valence-corrected chi connectivity index (χ0v) is 13.2. The second-order valence-corrected chi connectivity index (χ2v) is 6.81. The van der Waals surface area contributed by atoms with Crippen LogP contribution < -0.4 is 4.72 Å². The van der Waals surface area contributed by atoms with Crippen LogP contribution >= 0.6 is 0 Å². The van der Waals surface area contributed by atoms with Gasteiger partial charge in [-0.1, -0.05) is 11.2 Å². The van der Waals surface area contributed by atoms with Crippen molar-refractivity contribution in [2.24, 2.45) is 0 Å². The maximum atomic E-state index is 14.0. The number of benzene rings is 1. The molecule has 0 spiro atoms. The van der Waals surface area contributed by atoms with Crippen LogP contribution in [0.3, 0.4) is 0 Å². The quantitative estimate of drug-likeness (QED) is 0.813. The third kappa shape index (κ3) is 4.07. The summed E-state index contributed by atoms with van der Waals surface area (Å²) in [6, 6.07) is 3.44. The molecule has 0 bridgehead atoms. The summed E-state index contributed by atoms with van der Waals surface area (Å²) in [5.41, 5.74) is -0.0327. The minimum atomic E-state index is -4.83. The lowest BCUT2D eigenvalue weighted by Crippen LogP contribution is -2.35. The Labute approximate surface area is 134 Å². The van der Waals surface area contributed by atoms with E-state index >= 15 is 0 Å². The molecule has 1 N–H and O–H groups in total. The lowest BCUT2D eigenvalue weighted by Gasteiger charge is -2.12. The molecular weight excluding hydrogens is 356 g/mol. The molecule has 1 aromatic heterocycles. The van der Waals surface area contributed by atoms with Gasteiger partial charge in [0.2, 0.25) is 5.82 Å². The molecule has 12 heteroatoms. The Morgan fingerprint density at radius 3 is 2.46 bits per heavy atom. The predicted octanol–water partition coefficient (Wildman–Crippen LogP) is 1.79. The van der Waals surface area contributed by atoms with E-state index in [0.717, 1.165) is 16.4 Å². The van der Waals surface area contributed by atoms with Gasteiger partial charge in [-0.25, -0.2) is 4.39 Å². The van der Waals surface area contributed by atoms with Gasteiger partial charge >= 0.3 is 12.1 Å². The fraction of sp³-hybridized carbons (Fsp3) is 0.333. The molecule has 0 radical (unpaired) electrons. The van der Waals surface area contributed by atoms with Crippen molar-refractivity contribution in [2.45, 2.75) is 12.7 Å². The van der Waals surface area contributed by atoms with E-state index in [9.17, 15) is 26.0 Å². The summed E-state index contributed by atoms with van der Waals surface area (Å²) in [5, 5.41) is 3.09. The molecular formula is C12H12F4N4O3S. The molecule has 0 amide bonds. The van der Waals surface area contributed by atoms with Gasteiger partial charge in [-0.05, 0) is 17.7 Å². The normalized spacial score (nSPS) is 12.8. The van der Waals surface area contributed by atoms with Crippen LogP contribution in [0.4, 0.5) is 17.6 Å². The van der Waals surface area contributed by atoms with Crippen LogP contribution in [-0.4, -0.2) is 37.0 Å². The van der Waals surface area contributed by atoms with Crippen molar-refractivity contribution in [3.63, 3.8) is 0 Å². The Hall–Kier alpha value is -2.05. The maximum Gasteiger partial charge on any atom is 0.471 e. The first-order valence-corrected chi connectivity index (χ1v) is 7.81. The van der Waals surface area contributed by atoms with Crippen molar-refractivity contribution in [2.75, 3.05) is 14.1 Å². The van der Waals surface area contributed by atoms with E-state index in [1.54, 1.807) is 0 Å². The van der Waals surface area contributed by atoms with Crippen LogP contribution in [0.15, 0.2) is 22.7 Å². The van der Waals surface area contributed by atoms with Crippen LogP contribution in [0.2, 0.25) is 0 Å². The second-order valence-electron chi connectivity index (χ2n) is 4.84. The van der Waals surface area contributed by atoms with Crippen molar-refractivity contribution in [3.05, 3.63) is 35.5 Å². The van der Waals surface area contributed by atoms with Gasteiger partial charge in [-0.2, -0.15) is 35.6 Å². The lowest BCUT2D eigenvalue weighted by atomic mass is 10.1. The average molecular weight is 368 g/mol. The van der Waals surface area contributed by atoms with Crippen LogP contribution in [0.25, 0.3) is 11.4 Å². The van der Waals surface area contributed by atoms with Crippen molar-refractivity contribution in [1.29, 1.82) is 0 Å². The molecule has 1 heterocycles. The standard InChI is InChI=1S/C12H12F4N4O3S/c1-20(2)24(21,22)17-6-7-3-4-8(9(13)5-7)10-18-11(23-19-10)12(14,15)16/h3-5,17H,6H2,1-2H3. The number of alkyl halides is 3. The number of nitrogens with one attached hydrogen (secondary N) is 1. The molecule has 0 aliphatic rings. The Kier molecular flexibility index (Phi) is 4.92. The van der Waals surface area contributed by atoms with Crippen LogP contribution in [0, 0.1) is 5.82 Å². The Morgan fingerprint density at radius 1 is 1.29 bits per heavy atom. The van der Waals surface area contributed by atoms with Crippen molar-refractivity contribution >= 4 is 10.2 Å². The van der Waals surface area contributed by atoms with E-state index in [0.29, 0.717) is 0 Å². The smallest absolute Gasteiger partial charge is 0.329 e. The first-order chi connectivity index (χ1) is 11.0. The monoisotopic (exact) mass is 368 g/mol. The molecule has 24 heavy (non-hydrogen) atoms. The third-order valence-electron chi connectivity index (χ3n) is 2.88. The molecule has 0 atom stereocenters. The Morgan fingerprint density at radius 2 is 1.96 bits per heavy atom. The number of rotatable bonds is 5. The van der Waals surface area contributed by atoms with Crippen molar-refractivity contribution < 1.29 is 30.5 Å². The fourth-order valence-electron chi connectivity index (χ4n) is 1.60. The number of aromatic nitrogens is 2. The van der Waals surface area contributed by atoms with E-state index < -0.39 is 33.9 Å². The molecule has 0 aliphatic heterocycles. The minimum absolute atomic E-state index is 0.197. The number of hydrogen-bond acceptors (Lipinski definition) is 5. The molecule has 132 valence electrons. The summed E-state index contributed by atoms with van der Waals surface area (Å²) in [4.78, 5) is 3.09. The van der Waals surface area contributed by atoms with Crippen molar-refractivity contribution in [3.8, 4) is 11.4 Å². The van der Waals surface area contributed by atoms with Gasteiger partial charge in [0.25, 0.3) is 10.2 Å². The molecule has 0 fully saturated rings. The van der Waals surface area contributed by atoms with Crippen molar-refractivity contribution in [1.82, 2.24) is 19.2 Å². The highest BCUT2D eigenvalue weighted by Gasteiger charge is 2.38. The highest BCUT2D eigenvalue weighted by Crippen LogP contribution is 2.30. The van der Waals surface area contributed by atoms with Gasteiger partial charge in [0.15, 0.2) is 0 Å². The number of nitrogens with zero attached hydrogens (tertiary/aromatic N) is 3. The summed E-state index contributed by atoms with van der Waals surface area (Å²) in [6.45, 7) is -0.197. The molecule has 2 aromatic rings. The zero-order valence-electron chi connectivity index (χ0n) is 12.4. The fourth-order valence-corrected chi connectivity index (χ4v) is 2.21. The predicted molar refractivity (Wildman–Crippen MR) is 74.1 cm³/mol. The Balaban J connectivity index is 2.20. The first kappa shape index (κ1) is 18.3. The highest BCUT2D eigenvalue weighted by molar-refractivity contribution is 7.87. The van der Waals surface area contributed by atoms with E-state index in [1.165, 1.54) is 20.2 Å². The van der Waals surface area contributed by atoms with E-state index in [1.807, 2.05) is 0 Å². The summed E-state index contributed by atoms with van der Waals surface area (Å²) in [7, 11) is -1.05. The summed E-state index contributed by atoms with van der Waals surface area (Å²) in [5.74, 6) is -3.05. The van der Waals surface area contributed by atoms with Gasteiger partial charge < -0.3 is 4.52 Å².